The van der Waals surface area contributed by atoms with Gasteiger partial charge >= 0.3 is 5.97 Å². The maximum absolute atomic E-state index is 13.4. The molecule has 0 saturated carbocycles. The topological polar surface area (TPSA) is 175 Å². The molecule has 0 aromatic heterocycles. The van der Waals surface area contributed by atoms with Gasteiger partial charge in [0.05, 0.1) is 25.4 Å². The number of esters is 1. The summed E-state index contributed by atoms with van der Waals surface area (Å²) in [4.78, 5) is 26.6. The van der Waals surface area contributed by atoms with Gasteiger partial charge in [-0.1, -0.05) is 260 Å². The number of carbonyl (C=O) groups is 2. The van der Waals surface area contributed by atoms with E-state index in [4.69, 9.17) is 14.2 Å². The second kappa shape index (κ2) is 56.3. The Morgan fingerprint density at radius 1 is 0.500 bits per heavy atom. The van der Waals surface area contributed by atoms with Crippen molar-refractivity contribution >= 4 is 11.9 Å². The van der Waals surface area contributed by atoms with Crippen molar-refractivity contribution < 1.29 is 49.3 Å². The maximum atomic E-state index is 13.4. The molecule has 0 aromatic carbocycles. The predicted octanol–water partition coefficient (Wildman–Crippen LogP) is 16.1. The van der Waals surface area contributed by atoms with Crippen molar-refractivity contribution in [3.8, 4) is 0 Å². The number of amides is 1. The maximum Gasteiger partial charge on any atom is 0.306 e. The second-order valence-corrected chi connectivity index (χ2v) is 22.5. The van der Waals surface area contributed by atoms with Gasteiger partial charge in [-0.15, -0.1) is 0 Å². The average molecular weight is 1120 g/mol. The summed E-state index contributed by atoms with van der Waals surface area (Å²) in [6.07, 6.45) is 63.3. The molecule has 1 heterocycles. The molecule has 8 unspecified atom stereocenters. The van der Waals surface area contributed by atoms with Gasteiger partial charge in [-0.05, 0) is 96.3 Å². The van der Waals surface area contributed by atoms with Crippen LogP contribution < -0.4 is 5.32 Å². The smallest absolute Gasteiger partial charge is 0.306 e. The number of unbranched alkanes of at least 4 members (excludes halogenated alkanes) is 29. The van der Waals surface area contributed by atoms with Crippen LogP contribution in [-0.2, 0) is 23.8 Å². The number of aliphatic hydroxyl groups is 5. The van der Waals surface area contributed by atoms with E-state index >= 15 is 0 Å². The number of allylic oxidation sites excluding steroid dienone is 13. The zero-order valence-corrected chi connectivity index (χ0v) is 51.2. The van der Waals surface area contributed by atoms with E-state index in [1.54, 1.807) is 6.08 Å². The molecule has 80 heavy (non-hydrogen) atoms. The minimum Gasteiger partial charge on any atom is -0.454 e. The van der Waals surface area contributed by atoms with Gasteiger partial charge in [0.2, 0.25) is 5.91 Å². The molecule has 1 aliphatic rings. The van der Waals surface area contributed by atoms with E-state index < -0.39 is 67.4 Å². The van der Waals surface area contributed by atoms with E-state index in [0.717, 1.165) is 109 Å². The average Bonchev–Trinajstić information content (AvgIpc) is 3.45. The molecule has 1 amide bonds. The highest BCUT2D eigenvalue weighted by Gasteiger charge is 2.47. The van der Waals surface area contributed by atoms with Gasteiger partial charge in [0.15, 0.2) is 12.4 Å². The van der Waals surface area contributed by atoms with Crippen LogP contribution in [0.5, 0.6) is 0 Å². The standard InChI is InChI=1S/C69H121NO10/c1-4-7-10-13-16-19-22-25-27-29-31-32-33-35-37-39-42-45-48-51-54-57-64(74)80-67-66(76)65(75)63(58-71)79-69(67)78-59-60(61(72)55-52-49-46-43-40-24-21-18-15-12-9-6-3)70-68(77)62(73)56-53-50-47-44-41-38-36-34-30-28-26-23-20-17-14-11-8-5-2/h7,10,16,19,25-28,31-32,35,37,52,55,60-63,65-67,69,71-73,75-76H,4-6,8-9,11-15,17-18,20-24,29-30,33-34,36,38-51,53-54,56-59H2,1-3H3,(H,70,77)/b10-7-,19-16-,27-25-,28-26+,32-31-,37-35-,55-52+. The molecule has 1 rings (SSSR count). The van der Waals surface area contributed by atoms with Crippen LogP contribution >= 0.6 is 0 Å². The minimum absolute atomic E-state index is 0.0981. The summed E-state index contributed by atoms with van der Waals surface area (Å²) in [5.74, 6) is -1.22. The van der Waals surface area contributed by atoms with Crippen LogP contribution in [-0.4, -0.2) is 99.6 Å². The summed E-state index contributed by atoms with van der Waals surface area (Å²) in [6, 6.07) is -1.03. The fourth-order valence-electron chi connectivity index (χ4n) is 9.85. The highest BCUT2D eigenvalue weighted by atomic mass is 16.7. The molecule has 8 atom stereocenters. The van der Waals surface area contributed by atoms with E-state index in [0.29, 0.717) is 12.8 Å². The summed E-state index contributed by atoms with van der Waals surface area (Å²) < 4.78 is 17.6. The molecule has 0 radical (unpaired) electrons. The van der Waals surface area contributed by atoms with E-state index in [1.807, 2.05) is 6.08 Å². The Kier molecular flexibility index (Phi) is 52.7. The largest absolute Gasteiger partial charge is 0.454 e. The number of ether oxygens (including phenoxy) is 3. The molecule has 6 N–H and O–H groups in total. The zero-order chi connectivity index (χ0) is 58.2. The summed E-state index contributed by atoms with van der Waals surface area (Å²) in [7, 11) is 0. The number of carbonyl (C=O) groups excluding carboxylic acids is 2. The molecule has 1 aliphatic heterocycles. The van der Waals surface area contributed by atoms with Crippen LogP contribution in [0, 0.1) is 0 Å². The highest BCUT2D eigenvalue weighted by molar-refractivity contribution is 5.80. The molecular formula is C69H121NO10. The zero-order valence-electron chi connectivity index (χ0n) is 51.2. The molecule has 0 aliphatic carbocycles. The monoisotopic (exact) mass is 1120 g/mol. The lowest BCUT2D eigenvalue weighted by molar-refractivity contribution is -0.305. The van der Waals surface area contributed by atoms with Gasteiger partial charge in [0, 0.05) is 6.42 Å². The first kappa shape index (κ1) is 74.9. The quantitative estimate of drug-likeness (QED) is 0.0195. The lowest BCUT2D eigenvalue weighted by Gasteiger charge is -2.41. The van der Waals surface area contributed by atoms with Crippen LogP contribution in [0.4, 0.5) is 0 Å². The molecule has 0 aromatic rings. The van der Waals surface area contributed by atoms with E-state index in [2.05, 4.69) is 99.0 Å². The molecule has 0 spiro atoms. The first-order valence-electron chi connectivity index (χ1n) is 32.9. The minimum atomic E-state index is -1.63. The van der Waals surface area contributed by atoms with Crippen molar-refractivity contribution in [1.82, 2.24) is 5.32 Å². The number of hydrogen-bond acceptors (Lipinski definition) is 10. The third kappa shape index (κ3) is 43.5. The fourth-order valence-corrected chi connectivity index (χ4v) is 9.85. The normalized spacial score (nSPS) is 19.3. The summed E-state index contributed by atoms with van der Waals surface area (Å²) in [6.45, 7) is 5.67. The van der Waals surface area contributed by atoms with Gasteiger partial charge in [0.25, 0.3) is 0 Å². The summed E-state index contributed by atoms with van der Waals surface area (Å²) >= 11 is 0. The van der Waals surface area contributed by atoms with Crippen molar-refractivity contribution in [2.24, 2.45) is 0 Å². The predicted molar refractivity (Wildman–Crippen MR) is 333 cm³/mol. The van der Waals surface area contributed by atoms with Crippen LogP contribution in [0.2, 0.25) is 0 Å². The molecule has 11 heteroatoms. The number of rotatable bonds is 55. The lowest BCUT2D eigenvalue weighted by Crippen LogP contribution is -2.61. The van der Waals surface area contributed by atoms with Gasteiger partial charge in [0.1, 0.15) is 24.4 Å². The van der Waals surface area contributed by atoms with E-state index in [-0.39, 0.29) is 19.4 Å². The van der Waals surface area contributed by atoms with Gasteiger partial charge < -0.3 is 45.1 Å². The number of hydrogen-bond donors (Lipinski definition) is 6. The van der Waals surface area contributed by atoms with Gasteiger partial charge in [-0.3, -0.25) is 9.59 Å². The van der Waals surface area contributed by atoms with Gasteiger partial charge in [-0.2, -0.15) is 0 Å². The number of nitrogens with one attached hydrogen (secondary N) is 1. The second-order valence-electron chi connectivity index (χ2n) is 22.5. The Balaban J connectivity index is 2.66. The van der Waals surface area contributed by atoms with Gasteiger partial charge in [-0.25, -0.2) is 0 Å². The fraction of sp³-hybridized carbons (Fsp3) is 0.768. The van der Waals surface area contributed by atoms with E-state index in [9.17, 15) is 35.1 Å². The SMILES string of the molecule is CC/C=C\C/C=C\C/C=C\C/C=C\C/C=C\CCCCCCCC(=O)OC1C(OCC(NC(=O)C(O)CCCCCCCCCC/C=C/CCCCCCCC)C(O)/C=C/CCCCCCCCCCCC)OC(CO)C(O)C1O. The van der Waals surface area contributed by atoms with Crippen molar-refractivity contribution in [2.45, 2.75) is 327 Å². The third-order valence-electron chi connectivity index (χ3n) is 15.0. The third-order valence-corrected chi connectivity index (χ3v) is 15.0. The van der Waals surface area contributed by atoms with Crippen LogP contribution in [0.25, 0.3) is 0 Å². The Morgan fingerprint density at radius 2 is 0.900 bits per heavy atom. The molecular weight excluding hydrogens is 1000 g/mol. The summed E-state index contributed by atoms with van der Waals surface area (Å²) in [5.41, 5.74) is 0. The van der Waals surface area contributed by atoms with Crippen molar-refractivity contribution in [3.05, 3.63) is 85.1 Å². The molecule has 462 valence electrons. The Morgan fingerprint density at radius 3 is 1.36 bits per heavy atom. The van der Waals surface area contributed by atoms with Crippen molar-refractivity contribution in [2.75, 3.05) is 13.2 Å². The Labute approximate surface area is 489 Å². The first-order chi connectivity index (χ1) is 39.2. The highest BCUT2D eigenvalue weighted by Crippen LogP contribution is 2.26. The van der Waals surface area contributed by atoms with E-state index in [1.165, 1.54) is 122 Å². The first-order valence-corrected chi connectivity index (χ1v) is 32.9. The molecule has 1 fully saturated rings. The molecule has 0 bridgehead atoms. The Bertz CT molecular complexity index is 1620. The Hall–Kier alpha value is -3.16. The molecule has 1 saturated heterocycles. The molecule has 11 nitrogen and oxygen atoms in total. The lowest BCUT2D eigenvalue weighted by atomic mass is 9.99. The number of aliphatic hydroxyl groups excluding tert-OH is 5. The van der Waals surface area contributed by atoms with Crippen molar-refractivity contribution in [1.29, 1.82) is 0 Å². The van der Waals surface area contributed by atoms with Crippen molar-refractivity contribution in [3.63, 3.8) is 0 Å². The van der Waals surface area contributed by atoms with Crippen LogP contribution in [0.3, 0.4) is 0 Å². The summed E-state index contributed by atoms with van der Waals surface area (Å²) in [5, 5.41) is 57.1. The van der Waals surface area contributed by atoms with Crippen LogP contribution in [0.1, 0.15) is 278 Å². The van der Waals surface area contributed by atoms with Crippen LogP contribution in [0.15, 0.2) is 85.1 Å².